The Morgan fingerprint density at radius 3 is 1.81 bits per heavy atom. The number of ether oxygens (including phenoxy) is 2. The molecular formula is C26H18F13NO3. The Kier molecular flexibility index (Phi) is 9.39. The number of aliphatic hydroxyl groups is 1. The van der Waals surface area contributed by atoms with Crippen LogP contribution in [0.5, 0.6) is 17.2 Å². The highest BCUT2D eigenvalue weighted by atomic mass is 19.4. The number of aliphatic hydroxyl groups excluding tert-OH is 1. The van der Waals surface area contributed by atoms with Gasteiger partial charge >= 0.3 is 30.6 Å². The molecule has 0 saturated carbocycles. The molecule has 43 heavy (non-hydrogen) atoms. The van der Waals surface area contributed by atoms with Crippen LogP contribution in [-0.4, -0.2) is 42.4 Å². The molecule has 4 nitrogen and oxygen atoms in total. The summed E-state index contributed by atoms with van der Waals surface area (Å²) in [7, 11) is 0. The highest BCUT2D eigenvalue weighted by Gasteiger charge is 2.73. The van der Waals surface area contributed by atoms with Gasteiger partial charge in [0.2, 0.25) is 0 Å². The van der Waals surface area contributed by atoms with Crippen molar-refractivity contribution in [3.63, 3.8) is 0 Å². The molecule has 0 saturated heterocycles. The molecule has 3 aromatic rings. The molecule has 0 amide bonds. The zero-order chi connectivity index (χ0) is 32.4. The number of rotatable bonds is 10. The second-order valence-corrected chi connectivity index (χ2v) is 8.86. The number of benzene rings is 3. The summed E-state index contributed by atoms with van der Waals surface area (Å²) in [4.78, 5) is 0.564. The molecule has 0 aliphatic heterocycles. The molecule has 0 spiro atoms. The quantitative estimate of drug-likeness (QED) is 0.226. The van der Waals surface area contributed by atoms with Gasteiger partial charge in [0, 0.05) is 29.9 Å². The molecule has 3 rings (SSSR count). The van der Waals surface area contributed by atoms with Gasteiger partial charge in [0.05, 0.1) is 6.54 Å². The number of halogens is 13. The number of alkyl halides is 13. The summed E-state index contributed by atoms with van der Waals surface area (Å²) in [5, 5.41) is 9.67. The van der Waals surface area contributed by atoms with Crippen molar-refractivity contribution in [2.24, 2.45) is 0 Å². The fourth-order valence-corrected chi connectivity index (χ4v) is 3.71. The number of hydrogen-bond acceptors (Lipinski definition) is 4. The molecule has 0 heterocycles. The average Bonchev–Trinajstić information content (AvgIpc) is 2.86. The topological polar surface area (TPSA) is 41.9 Å². The lowest BCUT2D eigenvalue weighted by molar-refractivity contribution is -0.359. The minimum Gasteiger partial charge on any atom is -0.457 e. The Morgan fingerprint density at radius 1 is 0.674 bits per heavy atom. The van der Waals surface area contributed by atoms with Gasteiger partial charge in [-0.05, 0) is 29.8 Å². The molecule has 0 aliphatic carbocycles. The standard InChI is InChI=1S/C26H18F13NO3/c27-22(28,24(32,33)25(34,35)36)20-10-2-1-5-15(20)13-40(14-21(41)23(29,30)31)16-6-3-7-17(11-16)42-18-8-4-9-19(12-18)43-26(37,38)39/h1-12,21,41H,13-14H2/t21-/m1/s1. The molecule has 0 fully saturated rings. The van der Waals surface area contributed by atoms with Crippen molar-refractivity contribution in [3.8, 4) is 17.2 Å². The van der Waals surface area contributed by atoms with E-state index in [0.717, 1.165) is 48.5 Å². The molecule has 0 aliphatic rings. The third kappa shape index (κ3) is 8.14. The summed E-state index contributed by atoms with van der Waals surface area (Å²) >= 11 is 0. The molecule has 0 unspecified atom stereocenters. The predicted molar refractivity (Wildman–Crippen MR) is 124 cm³/mol. The minimum absolute atomic E-state index is 0.240. The lowest BCUT2D eigenvalue weighted by Crippen LogP contribution is -2.50. The lowest BCUT2D eigenvalue weighted by Gasteiger charge is -2.32. The maximum Gasteiger partial charge on any atom is 0.573 e. The van der Waals surface area contributed by atoms with Gasteiger partial charge in [-0.1, -0.05) is 36.4 Å². The highest BCUT2D eigenvalue weighted by molar-refractivity contribution is 5.53. The van der Waals surface area contributed by atoms with Gasteiger partial charge in [-0.15, -0.1) is 13.2 Å². The van der Waals surface area contributed by atoms with Crippen LogP contribution < -0.4 is 14.4 Å². The number of anilines is 1. The normalized spacial score (nSPS) is 13.9. The Bertz CT molecular complexity index is 1390. The van der Waals surface area contributed by atoms with Crippen LogP contribution in [0, 0.1) is 0 Å². The third-order valence-electron chi connectivity index (χ3n) is 5.70. The van der Waals surface area contributed by atoms with E-state index in [0.29, 0.717) is 11.0 Å². The fourth-order valence-electron chi connectivity index (χ4n) is 3.71. The van der Waals surface area contributed by atoms with Gasteiger partial charge < -0.3 is 19.5 Å². The molecule has 0 aromatic heterocycles. The van der Waals surface area contributed by atoms with Crippen LogP contribution in [0.15, 0.2) is 72.8 Å². The van der Waals surface area contributed by atoms with Crippen molar-refractivity contribution in [3.05, 3.63) is 83.9 Å². The highest BCUT2D eigenvalue weighted by Crippen LogP contribution is 2.52. The zero-order valence-corrected chi connectivity index (χ0v) is 21.0. The summed E-state index contributed by atoms with van der Waals surface area (Å²) in [6, 6.07) is 11.0. The molecule has 3 aromatic carbocycles. The van der Waals surface area contributed by atoms with E-state index < -0.39 is 66.6 Å². The van der Waals surface area contributed by atoms with Crippen LogP contribution in [0.1, 0.15) is 11.1 Å². The van der Waals surface area contributed by atoms with Crippen molar-refractivity contribution >= 4 is 5.69 Å². The van der Waals surface area contributed by atoms with E-state index in [1.54, 1.807) is 0 Å². The van der Waals surface area contributed by atoms with E-state index >= 15 is 0 Å². The van der Waals surface area contributed by atoms with E-state index in [9.17, 15) is 62.2 Å². The van der Waals surface area contributed by atoms with Crippen molar-refractivity contribution in [2.45, 2.75) is 43.2 Å². The van der Waals surface area contributed by atoms with Crippen LogP contribution in [0.25, 0.3) is 0 Å². The predicted octanol–water partition coefficient (Wildman–Crippen LogP) is 8.60. The molecule has 0 radical (unpaired) electrons. The van der Waals surface area contributed by atoms with E-state index in [-0.39, 0.29) is 23.3 Å². The Hall–Kier alpha value is -3.89. The van der Waals surface area contributed by atoms with Crippen LogP contribution in [-0.2, 0) is 12.5 Å². The molecule has 236 valence electrons. The maximum absolute atomic E-state index is 14.6. The Morgan fingerprint density at radius 2 is 1.23 bits per heavy atom. The van der Waals surface area contributed by atoms with E-state index in [1.165, 1.54) is 12.1 Å². The second-order valence-electron chi connectivity index (χ2n) is 8.86. The largest absolute Gasteiger partial charge is 0.573 e. The van der Waals surface area contributed by atoms with Crippen molar-refractivity contribution < 1.29 is 71.7 Å². The minimum atomic E-state index is -6.69. The summed E-state index contributed by atoms with van der Waals surface area (Å²) < 4.78 is 182. The van der Waals surface area contributed by atoms with E-state index in [2.05, 4.69) is 4.74 Å². The summed E-state index contributed by atoms with van der Waals surface area (Å²) in [6.07, 6.45) is -20.1. The van der Waals surface area contributed by atoms with Gasteiger partial charge in [-0.2, -0.15) is 43.9 Å². The first-order chi connectivity index (χ1) is 19.6. The van der Waals surface area contributed by atoms with Crippen LogP contribution in [0.3, 0.4) is 0 Å². The molecule has 1 N–H and O–H groups in total. The molecule has 17 heteroatoms. The van der Waals surface area contributed by atoms with E-state index in [4.69, 9.17) is 4.74 Å². The van der Waals surface area contributed by atoms with Gasteiger partial charge in [0.1, 0.15) is 17.2 Å². The van der Waals surface area contributed by atoms with Crippen LogP contribution in [0.4, 0.5) is 62.8 Å². The smallest absolute Gasteiger partial charge is 0.457 e. The van der Waals surface area contributed by atoms with Gasteiger partial charge in [-0.3, -0.25) is 0 Å². The second kappa shape index (κ2) is 12.0. The number of nitrogens with zero attached hydrogens (tertiary/aromatic N) is 1. The summed E-state index contributed by atoms with van der Waals surface area (Å²) in [5.74, 6) is -13.6. The average molecular weight is 639 g/mol. The van der Waals surface area contributed by atoms with Crippen LogP contribution in [0.2, 0.25) is 0 Å². The maximum atomic E-state index is 14.6. The van der Waals surface area contributed by atoms with Crippen molar-refractivity contribution in [1.82, 2.24) is 0 Å². The Labute approximate surface area is 233 Å². The first-order valence-electron chi connectivity index (χ1n) is 11.7. The third-order valence-corrected chi connectivity index (χ3v) is 5.70. The van der Waals surface area contributed by atoms with Gasteiger partial charge in [-0.25, -0.2) is 0 Å². The first kappa shape index (κ1) is 33.6. The molecule has 1 atom stereocenters. The Balaban J connectivity index is 2.01. The fraction of sp³-hybridized carbons (Fsp3) is 0.308. The van der Waals surface area contributed by atoms with Crippen LogP contribution >= 0.6 is 0 Å². The SMILES string of the molecule is O[C@H](CN(Cc1ccccc1C(F)(F)C(F)(F)C(F)(F)F)c1cccc(Oc2cccc(OC(F)(F)F)c2)c1)C(F)(F)F. The zero-order valence-electron chi connectivity index (χ0n) is 21.0. The van der Waals surface area contributed by atoms with Crippen molar-refractivity contribution in [2.75, 3.05) is 11.4 Å². The first-order valence-corrected chi connectivity index (χ1v) is 11.7. The monoisotopic (exact) mass is 639 g/mol. The van der Waals surface area contributed by atoms with Gasteiger partial charge in [0.25, 0.3) is 0 Å². The van der Waals surface area contributed by atoms with Crippen molar-refractivity contribution in [1.29, 1.82) is 0 Å². The molecular weight excluding hydrogens is 621 g/mol. The molecule has 0 bridgehead atoms. The van der Waals surface area contributed by atoms with Gasteiger partial charge in [0.15, 0.2) is 6.10 Å². The number of hydrogen-bond donors (Lipinski definition) is 1. The van der Waals surface area contributed by atoms with E-state index in [1.807, 2.05) is 0 Å². The lowest BCUT2D eigenvalue weighted by atomic mass is 9.96. The summed E-state index contributed by atoms with van der Waals surface area (Å²) in [6.45, 7) is -2.54. The summed E-state index contributed by atoms with van der Waals surface area (Å²) in [5.41, 5.74) is -3.10.